The van der Waals surface area contributed by atoms with Crippen molar-refractivity contribution in [2.45, 2.75) is 13.0 Å². The summed E-state index contributed by atoms with van der Waals surface area (Å²) in [5.41, 5.74) is 9.04. The van der Waals surface area contributed by atoms with Crippen molar-refractivity contribution in [2.24, 2.45) is 0 Å². The standard InChI is InChI=1S/C30H27N7O3/c1-18(34-27-23(17-33-30(31)35-27)28(38)36-13-14-36)24-15-20-7-6-10-22(19-11-12-32-25(16-19)40-2)26(20)29(39)37(24)21-8-4-3-5-9-21/h3-12,15-18H,13-14H2,1-2H3,(H3,31,33,34,35)/t18-/m0/s1. The number of ether oxygens (including phenoxy) is 1. The number of aromatic nitrogens is 4. The number of nitrogen functional groups attached to an aromatic ring is 1. The van der Waals surface area contributed by atoms with E-state index >= 15 is 0 Å². The molecule has 2 aromatic carbocycles. The number of fused-ring (bicyclic) bond motifs is 1. The first-order chi connectivity index (χ1) is 19.4. The van der Waals surface area contributed by atoms with Gasteiger partial charge in [0.05, 0.1) is 18.5 Å². The third kappa shape index (κ3) is 4.60. The van der Waals surface area contributed by atoms with Crippen LogP contribution >= 0.6 is 0 Å². The number of nitrogens with zero attached hydrogens (tertiary/aromatic N) is 5. The van der Waals surface area contributed by atoms with Crippen LogP contribution in [0.15, 0.2) is 83.9 Å². The SMILES string of the molecule is COc1cc(-c2cccc3cc([C@H](C)Nc4nc(N)ncc4C(=O)N4CC4)n(-c4ccccc4)c(=O)c23)ccn1. The fourth-order valence-electron chi connectivity index (χ4n) is 4.84. The van der Waals surface area contributed by atoms with Crippen LogP contribution in [0.25, 0.3) is 27.6 Å². The summed E-state index contributed by atoms with van der Waals surface area (Å²) >= 11 is 0. The number of hydrogen-bond acceptors (Lipinski definition) is 8. The number of amides is 1. The van der Waals surface area contributed by atoms with Crippen molar-refractivity contribution in [3.8, 4) is 22.7 Å². The molecule has 1 aliphatic heterocycles. The van der Waals surface area contributed by atoms with Gasteiger partial charge >= 0.3 is 0 Å². The second-order valence-corrected chi connectivity index (χ2v) is 9.55. The maximum atomic E-state index is 14.4. The second kappa shape index (κ2) is 10.1. The molecule has 6 rings (SSSR count). The predicted octanol–water partition coefficient (Wildman–Crippen LogP) is 4.06. The third-order valence-corrected chi connectivity index (χ3v) is 6.91. The summed E-state index contributed by atoms with van der Waals surface area (Å²) in [5.74, 6) is 0.672. The number of rotatable bonds is 7. The summed E-state index contributed by atoms with van der Waals surface area (Å²) in [6.07, 6.45) is 3.10. The number of nitrogens with two attached hydrogens (primary N) is 1. The van der Waals surface area contributed by atoms with Crippen molar-refractivity contribution in [3.63, 3.8) is 0 Å². The number of methoxy groups -OCH3 is 1. The molecule has 0 unspecified atom stereocenters. The van der Waals surface area contributed by atoms with Gasteiger partial charge in [0.25, 0.3) is 11.5 Å². The molecule has 5 aromatic rings. The molecule has 10 nitrogen and oxygen atoms in total. The summed E-state index contributed by atoms with van der Waals surface area (Å²) in [7, 11) is 1.56. The number of benzene rings is 2. The maximum Gasteiger partial charge on any atom is 0.263 e. The van der Waals surface area contributed by atoms with Crippen molar-refractivity contribution in [3.05, 3.63) is 101 Å². The highest BCUT2D eigenvalue weighted by atomic mass is 16.5. The minimum absolute atomic E-state index is 0.0495. The molecular formula is C30H27N7O3. The summed E-state index contributed by atoms with van der Waals surface area (Å²) in [5, 5.41) is 4.67. The summed E-state index contributed by atoms with van der Waals surface area (Å²) in [6.45, 7) is 3.31. The quantitative estimate of drug-likeness (QED) is 0.300. The largest absolute Gasteiger partial charge is 0.481 e. The Hall–Kier alpha value is -5.25. The molecule has 1 amide bonds. The lowest BCUT2D eigenvalue weighted by molar-refractivity contribution is 0.0885. The predicted molar refractivity (Wildman–Crippen MR) is 154 cm³/mol. The van der Waals surface area contributed by atoms with E-state index in [1.54, 1.807) is 22.8 Å². The van der Waals surface area contributed by atoms with Crippen LogP contribution in [0.5, 0.6) is 5.88 Å². The lowest BCUT2D eigenvalue weighted by Gasteiger charge is -2.23. The molecule has 40 heavy (non-hydrogen) atoms. The molecule has 1 fully saturated rings. The molecule has 0 saturated carbocycles. The van der Waals surface area contributed by atoms with E-state index in [-0.39, 0.29) is 17.4 Å². The first-order valence-electron chi connectivity index (χ1n) is 12.9. The lowest BCUT2D eigenvalue weighted by Crippen LogP contribution is -2.26. The van der Waals surface area contributed by atoms with Crippen LogP contribution in [-0.2, 0) is 0 Å². The van der Waals surface area contributed by atoms with Crippen molar-refractivity contribution < 1.29 is 9.53 Å². The molecule has 10 heteroatoms. The van der Waals surface area contributed by atoms with Gasteiger partial charge in [-0.1, -0.05) is 36.4 Å². The van der Waals surface area contributed by atoms with E-state index < -0.39 is 6.04 Å². The normalized spacial score (nSPS) is 13.2. The van der Waals surface area contributed by atoms with Gasteiger partial charge in [0.2, 0.25) is 11.8 Å². The molecule has 0 radical (unpaired) electrons. The van der Waals surface area contributed by atoms with E-state index in [0.717, 1.165) is 16.5 Å². The van der Waals surface area contributed by atoms with Gasteiger partial charge in [0.1, 0.15) is 11.4 Å². The molecular weight excluding hydrogens is 506 g/mol. The van der Waals surface area contributed by atoms with Gasteiger partial charge in [0.15, 0.2) is 0 Å². The zero-order valence-electron chi connectivity index (χ0n) is 22.0. The van der Waals surface area contributed by atoms with E-state index in [4.69, 9.17) is 10.5 Å². The molecule has 0 spiro atoms. The highest BCUT2D eigenvalue weighted by molar-refractivity contribution is 6.00. The minimum atomic E-state index is -0.433. The van der Waals surface area contributed by atoms with E-state index in [1.807, 2.05) is 73.7 Å². The van der Waals surface area contributed by atoms with Gasteiger partial charge in [-0.15, -0.1) is 0 Å². The first kappa shape index (κ1) is 25.1. The van der Waals surface area contributed by atoms with Gasteiger partial charge in [-0.05, 0) is 47.7 Å². The zero-order valence-corrected chi connectivity index (χ0v) is 22.0. The van der Waals surface area contributed by atoms with Crippen LogP contribution in [0.1, 0.15) is 29.0 Å². The van der Waals surface area contributed by atoms with Crippen molar-refractivity contribution in [2.75, 3.05) is 31.2 Å². The Bertz CT molecular complexity index is 1800. The van der Waals surface area contributed by atoms with Gasteiger partial charge in [-0.3, -0.25) is 14.2 Å². The van der Waals surface area contributed by atoms with Crippen molar-refractivity contribution in [1.82, 2.24) is 24.4 Å². The van der Waals surface area contributed by atoms with Gasteiger partial charge in [-0.2, -0.15) is 4.98 Å². The Morgan fingerprint density at radius 3 is 2.60 bits per heavy atom. The number of pyridine rings is 2. The topological polar surface area (TPSA) is 128 Å². The zero-order chi connectivity index (χ0) is 27.8. The van der Waals surface area contributed by atoms with Crippen LogP contribution in [-0.4, -0.2) is 50.5 Å². The second-order valence-electron chi connectivity index (χ2n) is 9.55. The molecule has 200 valence electrons. The van der Waals surface area contributed by atoms with Gasteiger partial charge in [0, 0.05) is 42.9 Å². The van der Waals surface area contributed by atoms with Crippen molar-refractivity contribution in [1.29, 1.82) is 0 Å². The molecule has 0 aliphatic carbocycles. The van der Waals surface area contributed by atoms with E-state index in [1.165, 1.54) is 6.20 Å². The lowest BCUT2D eigenvalue weighted by atomic mass is 9.98. The summed E-state index contributed by atoms with van der Waals surface area (Å²) in [6, 6.07) is 20.4. The fourth-order valence-corrected chi connectivity index (χ4v) is 4.84. The molecule has 0 bridgehead atoms. The molecule has 3 aromatic heterocycles. The third-order valence-electron chi connectivity index (χ3n) is 6.91. The summed E-state index contributed by atoms with van der Waals surface area (Å²) < 4.78 is 7.02. The number of para-hydroxylation sites is 1. The first-order valence-corrected chi connectivity index (χ1v) is 12.9. The monoisotopic (exact) mass is 533 g/mol. The average molecular weight is 534 g/mol. The summed E-state index contributed by atoms with van der Waals surface area (Å²) in [4.78, 5) is 41.5. The van der Waals surface area contributed by atoms with E-state index in [2.05, 4.69) is 20.3 Å². The average Bonchev–Trinajstić information content (AvgIpc) is 3.83. The number of hydrogen-bond donors (Lipinski definition) is 2. The minimum Gasteiger partial charge on any atom is -0.481 e. The fraction of sp³-hybridized carbons (Fsp3) is 0.167. The Kier molecular flexibility index (Phi) is 6.35. The Balaban J connectivity index is 1.53. The maximum absolute atomic E-state index is 14.4. The van der Waals surface area contributed by atoms with Gasteiger partial charge < -0.3 is 20.7 Å². The Morgan fingerprint density at radius 2 is 1.85 bits per heavy atom. The Morgan fingerprint density at radius 1 is 1.05 bits per heavy atom. The number of carbonyl (C=O) groups is 1. The molecule has 1 aliphatic rings. The highest BCUT2D eigenvalue weighted by Gasteiger charge is 2.29. The Labute approximate surface area is 230 Å². The molecule has 1 atom stereocenters. The van der Waals surface area contributed by atoms with E-state index in [0.29, 0.717) is 47.1 Å². The van der Waals surface area contributed by atoms with Crippen LogP contribution in [0.3, 0.4) is 0 Å². The van der Waals surface area contributed by atoms with Crippen LogP contribution in [0.4, 0.5) is 11.8 Å². The molecule has 1 saturated heterocycles. The molecule has 3 N–H and O–H groups in total. The highest BCUT2D eigenvalue weighted by Crippen LogP contribution is 2.31. The smallest absolute Gasteiger partial charge is 0.263 e. The molecule has 4 heterocycles. The number of anilines is 2. The van der Waals surface area contributed by atoms with E-state index in [9.17, 15) is 9.59 Å². The van der Waals surface area contributed by atoms with Crippen LogP contribution in [0, 0.1) is 0 Å². The van der Waals surface area contributed by atoms with Crippen molar-refractivity contribution >= 4 is 28.4 Å². The number of carbonyl (C=O) groups excluding carboxylic acids is 1. The number of nitrogens with one attached hydrogen (secondary N) is 1. The van der Waals surface area contributed by atoms with Gasteiger partial charge in [-0.25, -0.2) is 9.97 Å². The van der Waals surface area contributed by atoms with Crippen LogP contribution < -0.4 is 21.3 Å². The van der Waals surface area contributed by atoms with Crippen LogP contribution in [0.2, 0.25) is 0 Å².